The van der Waals surface area contributed by atoms with Crippen molar-refractivity contribution in [3.8, 4) is 0 Å². The average molecular weight is 260 g/mol. The van der Waals surface area contributed by atoms with Gasteiger partial charge in [0.25, 0.3) is 11.6 Å². The largest absolute Gasteiger partial charge is 0.351 e. The van der Waals surface area contributed by atoms with E-state index in [4.69, 9.17) is 11.6 Å². The smallest absolute Gasteiger partial charge is 0.287 e. The maximum Gasteiger partial charge on any atom is 0.287 e. The Kier molecular flexibility index (Phi) is 5.48. The number of alkyl halides is 1. The lowest BCUT2D eigenvalue weighted by Crippen LogP contribution is -2.24. The van der Waals surface area contributed by atoms with E-state index in [1.807, 2.05) is 0 Å². The van der Waals surface area contributed by atoms with Gasteiger partial charge >= 0.3 is 0 Å². The van der Waals surface area contributed by atoms with Crippen LogP contribution in [0.4, 0.5) is 5.69 Å². The summed E-state index contributed by atoms with van der Waals surface area (Å²) in [5, 5.41) is 13.1. The lowest BCUT2D eigenvalue weighted by molar-refractivity contribution is -0.384. The number of H-pyrrole nitrogens is 1. The summed E-state index contributed by atoms with van der Waals surface area (Å²) in [6.45, 7) is 0.544. The van der Waals surface area contributed by atoms with Gasteiger partial charge in [0, 0.05) is 18.5 Å². The molecule has 0 saturated carbocycles. The van der Waals surface area contributed by atoms with Crippen molar-refractivity contribution in [2.75, 3.05) is 12.4 Å². The maximum absolute atomic E-state index is 11.5. The van der Waals surface area contributed by atoms with Crippen LogP contribution in [0.5, 0.6) is 0 Å². The van der Waals surface area contributed by atoms with E-state index in [1.54, 1.807) is 0 Å². The van der Waals surface area contributed by atoms with Crippen molar-refractivity contribution in [2.24, 2.45) is 0 Å². The Morgan fingerprint density at radius 1 is 1.47 bits per heavy atom. The lowest BCUT2D eigenvalue weighted by Gasteiger charge is -2.02. The molecule has 0 aromatic carbocycles. The topological polar surface area (TPSA) is 88.0 Å². The molecule has 6 nitrogen and oxygen atoms in total. The van der Waals surface area contributed by atoms with Crippen LogP contribution in [0.2, 0.25) is 0 Å². The molecule has 0 atom stereocenters. The third-order valence-corrected chi connectivity index (χ3v) is 2.49. The van der Waals surface area contributed by atoms with Crippen molar-refractivity contribution in [3.63, 3.8) is 0 Å². The van der Waals surface area contributed by atoms with E-state index >= 15 is 0 Å². The molecule has 0 aliphatic rings. The second-order valence-electron chi connectivity index (χ2n) is 3.53. The van der Waals surface area contributed by atoms with Gasteiger partial charge in [-0.2, -0.15) is 0 Å². The van der Waals surface area contributed by atoms with Crippen LogP contribution in [0.1, 0.15) is 29.8 Å². The third-order valence-electron chi connectivity index (χ3n) is 2.22. The zero-order valence-corrected chi connectivity index (χ0v) is 10.00. The highest BCUT2D eigenvalue weighted by molar-refractivity contribution is 6.17. The number of aromatic amines is 1. The van der Waals surface area contributed by atoms with Crippen molar-refractivity contribution < 1.29 is 9.72 Å². The van der Waals surface area contributed by atoms with Gasteiger partial charge in [-0.15, -0.1) is 11.6 Å². The number of amides is 1. The summed E-state index contributed by atoms with van der Waals surface area (Å²) in [6.07, 6.45) is 3.92. The molecule has 0 radical (unpaired) electrons. The average Bonchev–Trinajstić information content (AvgIpc) is 2.78. The van der Waals surface area contributed by atoms with Gasteiger partial charge in [-0.05, 0) is 12.8 Å². The molecule has 1 heterocycles. The van der Waals surface area contributed by atoms with E-state index in [9.17, 15) is 14.9 Å². The highest BCUT2D eigenvalue weighted by Crippen LogP contribution is 2.11. The van der Waals surface area contributed by atoms with Crippen LogP contribution in [0.15, 0.2) is 12.3 Å². The summed E-state index contributed by atoms with van der Waals surface area (Å²) < 4.78 is 0. The Morgan fingerprint density at radius 3 is 2.82 bits per heavy atom. The molecule has 1 rings (SSSR count). The van der Waals surface area contributed by atoms with E-state index < -0.39 is 4.92 Å². The molecule has 0 saturated heterocycles. The van der Waals surface area contributed by atoms with Gasteiger partial charge < -0.3 is 10.3 Å². The first-order valence-corrected chi connectivity index (χ1v) is 5.85. The zero-order chi connectivity index (χ0) is 12.7. The SMILES string of the molecule is O=C(NCCCCCCl)c1cc([N+](=O)[O-])c[nH]1. The molecular formula is C10H14ClN3O3. The van der Waals surface area contributed by atoms with E-state index in [0.717, 1.165) is 19.3 Å². The summed E-state index contributed by atoms with van der Waals surface area (Å²) in [7, 11) is 0. The quantitative estimate of drug-likeness (QED) is 0.340. The standard InChI is InChI=1S/C10H14ClN3O3/c11-4-2-1-3-5-12-10(15)9-6-8(7-13-9)14(16)17/h6-7,13H,1-5H2,(H,12,15). The minimum absolute atomic E-state index is 0.114. The molecule has 0 aliphatic carbocycles. The van der Waals surface area contributed by atoms with Crippen molar-refractivity contribution in [3.05, 3.63) is 28.1 Å². The summed E-state index contributed by atoms with van der Waals surface area (Å²) in [5.41, 5.74) is 0.0892. The van der Waals surface area contributed by atoms with Gasteiger partial charge in [-0.3, -0.25) is 14.9 Å². The molecule has 0 fully saturated rings. The molecule has 0 bridgehead atoms. The first-order valence-electron chi connectivity index (χ1n) is 5.32. The van der Waals surface area contributed by atoms with Crippen LogP contribution in [-0.4, -0.2) is 28.2 Å². The summed E-state index contributed by atoms with van der Waals surface area (Å²) in [6, 6.07) is 1.22. The number of nitro groups is 1. The van der Waals surface area contributed by atoms with Gasteiger partial charge in [0.15, 0.2) is 0 Å². The highest BCUT2D eigenvalue weighted by Gasteiger charge is 2.13. The third kappa shape index (κ3) is 4.44. The Balaban J connectivity index is 2.34. The van der Waals surface area contributed by atoms with Crippen LogP contribution in [-0.2, 0) is 0 Å². The van der Waals surface area contributed by atoms with Gasteiger partial charge in [-0.25, -0.2) is 0 Å². The normalized spacial score (nSPS) is 10.2. The van der Waals surface area contributed by atoms with E-state index in [1.165, 1.54) is 12.3 Å². The highest BCUT2D eigenvalue weighted by atomic mass is 35.5. The van der Waals surface area contributed by atoms with E-state index in [-0.39, 0.29) is 17.3 Å². The molecule has 94 valence electrons. The molecule has 0 unspecified atom stereocenters. The molecule has 1 aromatic heterocycles. The number of hydrogen-bond acceptors (Lipinski definition) is 3. The zero-order valence-electron chi connectivity index (χ0n) is 9.24. The van der Waals surface area contributed by atoms with Gasteiger partial charge in [0.05, 0.1) is 11.1 Å². The molecule has 17 heavy (non-hydrogen) atoms. The lowest BCUT2D eigenvalue weighted by atomic mass is 10.2. The Hall–Kier alpha value is -1.56. The van der Waals surface area contributed by atoms with Gasteiger partial charge in [0.1, 0.15) is 5.69 Å². The monoisotopic (exact) mass is 259 g/mol. The van der Waals surface area contributed by atoms with Crippen molar-refractivity contribution >= 4 is 23.2 Å². The van der Waals surface area contributed by atoms with Gasteiger partial charge in [-0.1, -0.05) is 6.42 Å². The van der Waals surface area contributed by atoms with Crippen molar-refractivity contribution in [1.82, 2.24) is 10.3 Å². The van der Waals surface area contributed by atoms with Crippen LogP contribution < -0.4 is 5.32 Å². The number of nitrogens with one attached hydrogen (secondary N) is 2. The predicted octanol–water partition coefficient (Wildman–Crippen LogP) is 2.06. The first-order chi connectivity index (χ1) is 8.15. The molecule has 1 aromatic rings. The number of carbonyl (C=O) groups is 1. The first kappa shape index (κ1) is 13.5. The molecule has 0 spiro atoms. The fraction of sp³-hybridized carbons (Fsp3) is 0.500. The number of halogens is 1. The Labute approximate surface area is 103 Å². The number of hydrogen-bond donors (Lipinski definition) is 2. The van der Waals surface area contributed by atoms with Crippen molar-refractivity contribution in [1.29, 1.82) is 0 Å². The minimum Gasteiger partial charge on any atom is -0.351 e. The number of nitrogens with zero attached hydrogens (tertiary/aromatic N) is 1. The molecule has 1 amide bonds. The Morgan fingerprint density at radius 2 is 2.24 bits per heavy atom. The second kappa shape index (κ2) is 6.90. The number of rotatable bonds is 7. The van der Waals surface area contributed by atoms with E-state index in [0.29, 0.717) is 12.4 Å². The van der Waals surface area contributed by atoms with Crippen LogP contribution in [0, 0.1) is 10.1 Å². The molecular weight excluding hydrogens is 246 g/mol. The fourth-order valence-electron chi connectivity index (χ4n) is 1.31. The fourth-order valence-corrected chi connectivity index (χ4v) is 1.50. The van der Waals surface area contributed by atoms with Crippen LogP contribution in [0.25, 0.3) is 0 Å². The maximum atomic E-state index is 11.5. The number of unbranched alkanes of at least 4 members (excludes halogenated alkanes) is 2. The van der Waals surface area contributed by atoms with Gasteiger partial charge in [0.2, 0.25) is 0 Å². The van der Waals surface area contributed by atoms with Crippen LogP contribution >= 0.6 is 11.6 Å². The number of carbonyl (C=O) groups excluding carboxylic acids is 1. The molecule has 0 aliphatic heterocycles. The van der Waals surface area contributed by atoms with E-state index in [2.05, 4.69) is 10.3 Å². The summed E-state index contributed by atoms with van der Waals surface area (Å²) in [4.78, 5) is 23.9. The predicted molar refractivity (Wildman–Crippen MR) is 64.4 cm³/mol. The van der Waals surface area contributed by atoms with Crippen LogP contribution in [0.3, 0.4) is 0 Å². The minimum atomic E-state index is -0.548. The van der Waals surface area contributed by atoms with Crippen molar-refractivity contribution in [2.45, 2.75) is 19.3 Å². The second-order valence-corrected chi connectivity index (χ2v) is 3.91. The molecule has 2 N–H and O–H groups in total. The molecule has 7 heteroatoms. The number of aromatic nitrogens is 1. The summed E-state index contributed by atoms with van der Waals surface area (Å²) >= 11 is 5.52. The Bertz CT molecular complexity index is 392. The summed E-state index contributed by atoms with van der Waals surface area (Å²) in [5.74, 6) is 0.292.